The Kier molecular flexibility index (Phi) is 3.53. The maximum Gasteiger partial charge on any atom is 0.100 e. The first-order valence-corrected chi connectivity index (χ1v) is 9.51. The average Bonchev–Trinajstić information content (AvgIpc) is 2.73. The minimum atomic E-state index is -0.359. The van der Waals surface area contributed by atoms with Crippen LogP contribution in [0.2, 0.25) is 0 Å². The van der Waals surface area contributed by atoms with Gasteiger partial charge in [-0.1, -0.05) is 20.8 Å². The SMILES string of the molecule is C[C@@H]1C[C@H]2[C@@H]3CC(F)=C4CC(O)CC[C@]4(C)[C@H]3CC[C@]2(C)[C@@H]1O. The van der Waals surface area contributed by atoms with Gasteiger partial charge in [0.25, 0.3) is 0 Å². The van der Waals surface area contributed by atoms with Crippen molar-refractivity contribution in [3.63, 3.8) is 0 Å². The van der Waals surface area contributed by atoms with E-state index in [9.17, 15) is 14.6 Å². The fraction of sp³-hybridized carbons (Fsp3) is 0.900. The van der Waals surface area contributed by atoms with Gasteiger partial charge in [0.1, 0.15) is 5.83 Å². The van der Waals surface area contributed by atoms with Crippen LogP contribution in [0.25, 0.3) is 0 Å². The smallest absolute Gasteiger partial charge is 0.100 e. The number of allylic oxidation sites excluding steroid dienone is 1. The second-order valence-electron chi connectivity index (χ2n) is 9.48. The maximum atomic E-state index is 15.0. The number of halogens is 1. The molecule has 0 heterocycles. The van der Waals surface area contributed by atoms with Gasteiger partial charge in [0.15, 0.2) is 0 Å². The third-order valence-electron chi connectivity index (χ3n) is 8.40. The third kappa shape index (κ3) is 2.05. The van der Waals surface area contributed by atoms with E-state index in [1.54, 1.807) is 0 Å². The maximum absolute atomic E-state index is 15.0. The molecule has 4 rings (SSSR count). The molecule has 130 valence electrons. The van der Waals surface area contributed by atoms with Crippen LogP contribution in [-0.4, -0.2) is 22.4 Å². The van der Waals surface area contributed by atoms with Crippen molar-refractivity contribution in [3.8, 4) is 0 Å². The summed E-state index contributed by atoms with van der Waals surface area (Å²) < 4.78 is 15.0. The van der Waals surface area contributed by atoms with Gasteiger partial charge < -0.3 is 10.2 Å². The minimum absolute atomic E-state index is 0.0249. The van der Waals surface area contributed by atoms with Crippen molar-refractivity contribution in [2.45, 2.75) is 77.9 Å². The highest BCUT2D eigenvalue weighted by molar-refractivity contribution is 5.28. The largest absolute Gasteiger partial charge is 0.393 e. The van der Waals surface area contributed by atoms with Gasteiger partial charge in [-0.25, -0.2) is 4.39 Å². The second kappa shape index (κ2) is 5.05. The lowest BCUT2D eigenvalue weighted by molar-refractivity contribution is -0.0789. The van der Waals surface area contributed by atoms with Crippen LogP contribution in [0.4, 0.5) is 4.39 Å². The molecule has 3 fully saturated rings. The van der Waals surface area contributed by atoms with Crippen molar-refractivity contribution < 1.29 is 14.6 Å². The number of aliphatic hydroxyl groups is 2. The summed E-state index contributed by atoms with van der Waals surface area (Å²) in [4.78, 5) is 0. The quantitative estimate of drug-likeness (QED) is 0.701. The molecule has 4 aliphatic carbocycles. The summed E-state index contributed by atoms with van der Waals surface area (Å²) in [5.41, 5.74) is 0.834. The molecule has 0 spiro atoms. The van der Waals surface area contributed by atoms with E-state index in [2.05, 4.69) is 20.8 Å². The minimum Gasteiger partial charge on any atom is -0.393 e. The van der Waals surface area contributed by atoms with Gasteiger partial charge >= 0.3 is 0 Å². The van der Waals surface area contributed by atoms with Crippen LogP contribution in [0.15, 0.2) is 11.4 Å². The normalized spacial score (nSPS) is 56.1. The van der Waals surface area contributed by atoms with E-state index in [0.29, 0.717) is 36.5 Å². The summed E-state index contributed by atoms with van der Waals surface area (Å²) in [5.74, 6) is 1.74. The fourth-order valence-corrected chi connectivity index (χ4v) is 7.05. The highest BCUT2D eigenvalue weighted by Crippen LogP contribution is 2.66. The first-order chi connectivity index (χ1) is 10.8. The van der Waals surface area contributed by atoms with Crippen LogP contribution < -0.4 is 0 Å². The summed E-state index contributed by atoms with van der Waals surface area (Å²) in [7, 11) is 0. The molecule has 4 aliphatic rings. The van der Waals surface area contributed by atoms with E-state index in [1.807, 2.05) is 0 Å². The molecule has 3 heteroatoms. The summed E-state index contributed by atoms with van der Waals surface area (Å²) >= 11 is 0. The van der Waals surface area contributed by atoms with Gasteiger partial charge in [-0.05, 0) is 78.6 Å². The van der Waals surface area contributed by atoms with Crippen molar-refractivity contribution in [2.24, 2.45) is 34.5 Å². The Morgan fingerprint density at radius 3 is 2.52 bits per heavy atom. The van der Waals surface area contributed by atoms with Crippen molar-refractivity contribution in [1.29, 1.82) is 0 Å². The zero-order valence-electron chi connectivity index (χ0n) is 14.7. The van der Waals surface area contributed by atoms with Gasteiger partial charge in [0.05, 0.1) is 12.2 Å². The molecule has 0 bridgehead atoms. The van der Waals surface area contributed by atoms with Crippen LogP contribution >= 0.6 is 0 Å². The Labute approximate surface area is 139 Å². The Morgan fingerprint density at radius 1 is 1.04 bits per heavy atom. The van der Waals surface area contributed by atoms with E-state index in [4.69, 9.17) is 0 Å². The molecule has 2 nitrogen and oxygen atoms in total. The van der Waals surface area contributed by atoms with Gasteiger partial charge in [0.2, 0.25) is 0 Å². The molecule has 2 N–H and O–H groups in total. The standard InChI is InChI=1S/C20H31FO2/c1-11-8-15-13-10-17(21)16-9-12(22)4-6-19(16,2)14(13)5-7-20(15,3)18(11)23/h11-15,18,22-23H,4-10H2,1-3H3/t11-,12?,13-,14+,15+,18-,19-,20+/m1/s1. The Balaban J connectivity index is 1.73. The molecular weight excluding hydrogens is 291 g/mol. The van der Waals surface area contributed by atoms with Crippen molar-refractivity contribution in [2.75, 3.05) is 0 Å². The molecular formula is C20H31FO2. The van der Waals surface area contributed by atoms with Gasteiger partial charge in [-0.3, -0.25) is 0 Å². The van der Waals surface area contributed by atoms with Crippen LogP contribution in [-0.2, 0) is 0 Å². The number of hydrogen-bond acceptors (Lipinski definition) is 2. The van der Waals surface area contributed by atoms with Crippen molar-refractivity contribution in [3.05, 3.63) is 11.4 Å². The highest BCUT2D eigenvalue weighted by Gasteiger charge is 2.61. The highest BCUT2D eigenvalue weighted by atomic mass is 19.1. The lowest BCUT2D eigenvalue weighted by Gasteiger charge is -2.57. The molecule has 0 saturated heterocycles. The van der Waals surface area contributed by atoms with E-state index >= 15 is 0 Å². The number of aliphatic hydroxyl groups excluding tert-OH is 2. The molecule has 23 heavy (non-hydrogen) atoms. The Bertz CT molecular complexity index is 544. The molecule has 3 saturated carbocycles. The van der Waals surface area contributed by atoms with Crippen molar-refractivity contribution >= 4 is 0 Å². The molecule has 0 aromatic heterocycles. The number of fused-ring (bicyclic) bond motifs is 5. The molecule has 0 amide bonds. The van der Waals surface area contributed by atoms with Crippen molar-refractivity contribution in [1.82, 2.24) is 0 Å². The second-order valence-corrected chi connectivity index (χ2v) is 9.48. The van der Waals surface area contributed by atoms with E-state index in [-0.39, 0.29) is 28.9 Å². The fourth-order valence-electron chi connectivity index (χ4n) is 7.05. The van der Waals surface area contributed by atoms with Crippen LogP contribution in [0.1, 0.15) is 65.7 Å². The van der Waals surface area contributed by atoms with Gasteiger partial charge in [0, 0.05) is 6.42 Å². The predicted octanol–water partition coefficient (Wildman–Crippen LogP) is 4.21. The van der Waals surface area contributed by atoms with Gasteiger partial charge in [-0.15, -0.1) is 0 Å². The topological polar surface area (TPSA) is 40.5 Å². The Hall–Kier alpha value is -0.410. The molecule has 8 atom stereocenters. The number of rotatable bonds is 0. The monoisotopic (exact) mass is 322 g/mol. The Morgan fingerprint density at radius 2 is 1.78 bits per heavy atom. The predicted molar refractivity (Wildman–Crippen MR) is 88.3 cm³/mol. The first kappa shape index (κ1) is 16.1. The number of hydrogen-bond donors (Lipinski definition) is 2. The lowest BCUT2D eigenvalue weighted by Crippen LogP contribution is -2.51. The molecule has 0 aromatic carbocycles. The first-order valence-electron chi connectivity index (χ1n) is 9.51. The molecule has 0 aliphatic heterocycles. The van der Waals surface area contributed by atoms with E-state index in [1.165, 1.54) is 0 Å². The lowest BCUT2D eigenvalue weighted by atomic mass is 9.47. The third-order valence-corrected chi connectivity index (χ3v) is 8.40. The van der Waals surface area contributed by atoms with Gasteiger partial charge in [-0.2, -0.15) is 0 Å². The zero-order valence-corrected chi connectivity index (χ0v) is 14.7. The zero-order chi connectivity index (χ0) is 16.6. The molecule has 1 unspecified atom stereocenters. The summed E-state index contributed by atoms with van der Waals surface area (Å²) in [6.07, 6.45) is 5.42. The van der Waals surface area contributed by atoms with E-state index < -0.39 is 0 Å². The van der Waals surface area contributed by atoms with Crippen LogP contribution in [0.3, 0.4) is 0 Å². The van der Waals surface area contributed by atoms with Crippen LogP contribution in [0.5, 0.6) is 0 Å². The average molecular weight is 322 g/mol. The summed E-state index contributed by atoms with van der Waals surface area (Å²) in [5, 5.41) is 20.7. The molecule has 0 radical (unpaired) electrons. The van der Waals surface area contributed by atoms with E-state index in [0.717, 1.165) is 37.7 Å². The summed E-state index contributed by atoms with van der Waals surface area (Å²) in [6.45, 7) is 6.65. The van der Waals surface area contributed by atoms with Crippen LogP contribution in [0, 0.1) is 34.5 Å². The molecule has 0 aromatic rings. The summed E-state index contributed by atoms with van der Waals surface area (Å²) in [6, 6.07) is 0.